The lowest BCUT2D eigenvalue weighted by molar-refractivity contribution is -0.131. The molecule has 0 heterocycles. The zero-order valence-corrected chi connectivity index (χ0v) is 11.0. The summed E-state index contributed by atoms with van der Waals surface area (Å²) in [5.41, 5.74) is 0.681. The van der Waals surface area contributed by atoms with Crippen LogP contribution < -0.4 is 0 Å². The van der Waals surface area contributed by atoms with E-state index in [-0.39, 0.29) is 24.1 Å². The molecule has 0 saturated carbocycles. The quantitative estimate of drug-likeness (QED) is 0.870. The first kappa shape index (κ1) is 13.6. The van der Waals surface area contributed by atoms with Gasteiger partial charge in [-0.2, -0.15) is 0 Å². The molecule has 1 unspecified atom stereocenters. The number of carbonyl (C=O) groups is 1. The van der Waals surface area contributed by atoms with Gasteiger partial charge in [0, 0.05) is 18.7 Å². The maximum absolute atomic E-state index is 12.0. The van der Waals surface area contributed by atoms with E-state index in [1.54, 1.807) is 23.1 Å². The van der Waals surface area contributed by atoms with Crippen LogP contribution in [0.4, 0.5) is 0 Å². The van der Waals surface area contributed by atoms with E-state index in [9.17, 15) is 9.90 Å². The number of phenols is 1. The summed E-state index contributed by atoms with van der Waals surface area (Å²) < 4.78 is 0. The van der Waals surface area contributed by atoms with Crippen molar-refractivity contribution < 1.29 is 9.90 Å². The van der Waals surface area contributed by atoms with Gasteiger partial charge >= 0.3 is 0 Å². The van der Waals surface area contributed by atoms with Gasteiger partial charge in [-0.25, -0.2) is 0 Å². The number of aromatic hydroxyl groups is 1. The summed E-state index contributed by atoms with van der Waals surface area (Å²) in [7, 11) is 1.81. The summed E-state index contributed by atoms with van der Waals surface area (Å²) in [4.78, 5) is 13.8. The maximum atomic E-state index is 12.0. The first-order valence-electron chi connectivity index (χ1n) is 5.96. The van der Waals surface area contributed by atoms with Crippen molar-refractivity contribution >= 4 is 5.91 Å². The minimum atomic E-state index is 0.0349. The molecular weight excluding hydrogens is 214 g/mol. The Morgan fingerprint density at radius 2 is 1.88 bits per heavy atom. The minimum Gasteiger partial charge on any atom is -0.508 e. The highest BCUT2D eigenvalue weighted by Gasteiger charge is 2.19. The van der Waals surface area contributed by atoms with Crippen LogP contribution in [0.15, 0.2) is 24.3 Å². The topological polar surface area (TPSA) is 40.5 Å². The van der Waals surface area contributed by atoms with Gasteiger partial charge in [-0.05, 0) is 18.9 Å². The number of rotatable bonds is 4. The molecule has 0 bridgehead atoms. The lowest BCUT2D eigenvalue weighted by Gasteiger charge is -2.28. The van der Waals surface area contributed by atoms with Crippen LogP contribution in [-0.4, -0.2) is 29.0 Å². The molecule has 1 amide bonds. The average molecular weight is 235 g/mol. The van der Waals surface area contributed by atoms with Crippen LogP contribution in [0.25, 0.3) is 0 Å². The first-order chi connectivity index (χ1) is 7.93. The van der Waals surface area contributed by atoms with E-state index in [2.05, 4.69) is 13.8 Å². The molecule has 0 spiro atoms. The van der Waals surface area contributed by atoms with Gasteiger partial charge in [0.1, 0.15) is 5.75 Å². The first-order valence-corrected chi connectivity index (χ1v) is 5.96. The Balaban J connectivity index is 2.70. The number of para-hydroxylation sites is 1. The van der Waals surface area contributed by atoms with E-state index >= 15 is 0 Å². The number of benzene rings is 1. The molecule has 3 heteroatoms. The van der Waals surface area contributed by atoms with E-state index in [4.69, 9.17) is 0 Å². The second-order valence-electron chi connectivity index (χ2n) is 4.79. The molecule has 0 aliphatic heterocycles. The predicted molar refractivity (Wildman–Crippen MR) is 68.9 cm³/mol. The van der Waals surface area contributed by atoms with E-state index in [0.717, 1.165) is 0 Å². The van der Waals surface area contributed by atoms with Crippen molar-refractivity contribution in [2.45, 2.75) is 33.2 Å². The van der Waals surface area contributed by atoms with Gasteiger partial charge in [-0.15, -0.1) is 0 Å². The van der Waals surface area contributed by atoms with Gasteiger partial charge in [0.05, 0.1) is 6.42 Å². The summed E-state index contributed by atoms with van der Waals surface area (Å²) in [6.45, 7) is 6.22. The molecule has 0 radical (unpaired) electrons. The van der Waals surface area contributed by atoms with Gasteiger partial charge in [-0.3, -0.25) is 4.79 Å². The van der Waals surface area contributed by atoms with Crippen LogP contribution in [0.5, 0.6) is 5.75 Å². The molecule has 1 aromatic rings. The molecule has 3 nitrogen and oxygen atoms in total. The lowest BCUT2D eigenvalue weighted by atomic mass is 10.0. The Kier molecular flexibility index (Phi) is 4.55. The van der Waals surface area contributed by atoms with E-state index in [1.165, 1.54) is 0 Å². The smallest absolute Gasteiger partial charge is 0.227 e. The predicted octanol–water partition coefficient (Wildman–Crippen LogP) is 2.44. The van der Waals surface area contributed by atoms with Gasteiger partial charge < -0.3 is 10.0 Å². The van der Waals surface area contributed by atoms with Crippen molar-refractivity contribution in [2.24, 2.45) is 5.92 Å². The molecular formula is C14H21NO2. The average Bonchev–Trinajstić information content (AvgIpc) is 2.30. The molecule has 1 atom stereocenters. The lowest BCUT2D eigenvalue weighted by Crippen LogP contribution is -2.39. The summed E-state index contributed by atoms with van der Waals surface area (Å²) >= 11 is 0. The standard InChI is InChI=1S/C14H21NO2/c1-10(2)11(3)15(4)14(17)9-12-7-5-6-8-13(12)16/h5-8,10-11,16H,9H2,1-4H3. The van der Waals surface area contributed by atoms with Crippen molar-refractivity contribution in [1.82, 2.24) is 4.90 Å². The molecule has 0 aromatic heterocycles. The molecule has 1 aromatic carbocycles. The normalized spacial score (nSPS) is 12.5. The zero-order chi connectivity index (χ0) is 13.0. The van der Waals surface area contributed by atoms with Crippen LogP contribution >= 0.6 is 0 Å². The molecule has 1 rings (SSSR count). The number of amides is 1. The highest BCUT2D eigenvalue weighted by molar-refractivity contribution is 5.79. The molecule has 94 valence electrons. The molecule has 0 aliphatic carbocycles. The Bertz CT molecular complexity index is 388. The molecule has 1 N–H and O–H groups in total. The van der Waals surface area contributed by atoms with Crippen molar-refractivity contribution in [2.75, 3.05) is 7.05 Å². The Morgan fingerprint density at radius 1 is 1.29 bits per heavy atom. The van der Waals surface area contributed by atoms with Gasteiger partial charge in [0.15, 0.2) is 0 Å². The van der Waals surface area contributed by atoms with E-state index in [1.807, 2.05) is 20.0 Å². The van der Waals surface area contributed by atoms with Crippen molar-refractivity contribution in [3.8, 4) is 5.75 Å². The third kappa shape index (κ3) is 3.48. The number of nitrogens with zero attached hydrogens (tertiary/aromatic N) is 1. The Hall–Kier alpha value is -1.51. The monoisotopic (exact) mass is 235 g/mol. The van der Waals surface area contributed by atoms with Gasteiger partial charge in [0.25, 0.3) is 0 Å². The van der Waals surface area contributed by atoms with Crippen LogP contribution in [0.3, 0.4) is 0 Å². The second kappa shape index (κ2) is 5.71. The third-order valence-electron chi connectivity index (χ3n) is 3.30. The largest absolute Gasteiger partial charge is 0.508 e. The van der Waals surface area contributed by atoms with Crippen LogP contribution in [0, 0.1) is 5.92 Å². The van der Waals surface area contributed by atoms with Crippen molar-refractivity contribution in [1.29, 1.82) is 0 Å². The number of hydrogen-bond acceptors (Lipinski definition) is 2. The minimum absolute atomic E-state index is 0.0349. The fourth-order valence-electron chi connectivity index (χ4n) is 1.62. The van der Waals surface area contributed by atoms with Crippen molar-refractivity contribution in [3.05, 3.63) is 29.8 Å². The van der Waals surface area contributed by atoms with Crippen LogP contribution in [0.2, 0.25) is 0 Å². The Morgan fingerprint density at radius 3 is 2.41 bits per heavy atom. The summed E-state index contributed by atoms with van der Waals surface area (Å²) in [5.74, 6) is 0.646. The molecule has 17 heavy (non-hydrogen) atoms. The zero-order valence-electron chi connectivity index (χ0n) is 11.0. The number of likely N-dealkylation sites (N-methyl/N-ethyl adjacent to an activating group) is 1. The number of hydrogen-bond donors (Lipinski definition) is 1. The fraction of sp³-hybridized carbons (Fsp3) is 0.500. The molecule has 0 aliphatic rings. The second-order valence-corrected chi connectivity index (χ2v) is 4.79. The number of carbonyl (C=O) groups excluding carboxylic acids is 1. The Labute approximate surface area is 103 Å². The summed E-state index contributed by atoms with van der Waals surface area (Å²) in [6, 6.07) is 7.17. The highest BCUT2D eigenvalue weighted by Crippen LogP contribution is 2.18. The third-order valence-corrected chi connectivity index (χ3v) is 3.30. The maximum Gasteiger partial charge on any atom is 0.227 e. The summed E-state index contributed by atoms with van der Waals surface area (Å²) in [5, 5.41) is 9.62. The number of phenolic OH excluding ortho intramolecular Hbond substituents is 1. The highest BCUT2D eigenvalue weighted by atomic mass is 16.3. The van der Waals surface area contributed by atoms with Crippen LogP contribution in [-0.2, 0) is 11.2 Å². The van der Waals surface area contributed by atoms with E-state index in [0.29, 0.717) is 11.5 Å². The summed E-state index contributed by atoms with van der Waals surface area (Å²) in [6.07, 6.45) is 0.250. The molecule has 0 saturated heterocycles. The van der Waals surface area contributed by atoms with E-state index < -0.39 is 0 Å². The van der Waals surface area contributed by atoms with Crippen molar-refractivity contribution in [3.63, 3.8) is 0 Å². The van der Waals surface area contributed by atoms with Gasteiger partial charge in [0.2, 0.25) is 5.91 Å². The SMILES string of the molecule is CC(C)C(C)N(C)C(=O)Cc1ccccc1O. The molecule has 0 fully saturated rings. The fourth-order valence-corrected chi connectivity index (χ4v) is 1.62. The van der Waals surface area contributed by atoms with Crippen LogP contribution in [0.1, 0.15) is 26.3 Å². The van der Waals surface area contributed by atoms with Gasteiger partial charge in [-0.1, -0.05) is 32.0 Å².